The van der Waals surface area contributed by atoms with Crippen LogP contribution in [-0.2, 0) is 15.6 Å². The average Bonchev–Trinajstić information content (AvgIpc) is 2.78. The van der Waals surface area contributed by atoms with Crippen LogP contribution >= 0.6 is 19.0 Å². The number of benzene rings is 3. The normalized spacial score (nSPS) is 14.2. The van der Waals surface area contributed by atoms with Gasteiger partial charge in [-0.1, -0.05) is 60.1 Å². The van der Waals surface area contributed by atoms with Gasteiger partial charge in [0.05, 0.1) is 6.61 Å². The summed E-state index contributed by atoms with van der Waals surface area (Å²) in [5.74, 6) is -12.7. The van der Waals surface area contributed by atoms with Crippen LogP contribution in [-0.4, -0.2) is 6.61 Å². The van der Waals surface area contributed by atoms with Gasteiger partial charge in [0, 0.05) is 11.6 Å². The van der Waals surface area contributed by atoms with E-state index in [1.165, 1.54) is 25.1 Å². The van der Waals surface area contributed by atoms with Crippen LogP contribution in [0.5, 0.6) is 0 Å². The van der Waals surface area contributed by atoms with Gasteiger partial charge in [0.1, 0.15) is 11.1 Å². The largest absolute Gasteiger partial charge is 0.324 e. The van der Waals surface area contributed by atoms with E-state index in [1.54, 1.807) is 36.4 Å². The Morgan fingerprint density at radius 1 is 0.875 bits per heavy atom. The number of hydrogen-bond acceptors (Lipinski definition) is 3. The monoisotopic (exact) mass is 489 g/mol. The van der Waals surface area contributed by atoms with Crippen LogP contribution in [0.1, 0.15) is 23.8 Å². The van der Waals surface area contributed by atoms with Crippen molar-refractivity contribution in [2.24, 2.45) is 0 Å². The van der Waals surface area contributed by atoms with Gasteiger partial charge >= 0.3 is 0 Å². The Hall–Kier alpha value is -2.25. The van der Waals surface area contributed by atoms with E-state index in [0.29, 0.717) is 5.56 Å². The van der Waals surface area contributed by atoms with Crippen LogP contribution in [0.25, 0.3) is 0 Å². The van der Waals surface area contributed by atoms with Crippen LogP contribution in [0.4, 0.5) is 22.0 Å². The van der Waals surface area contributed by atoms with Crippen molar-refractivity contribution >= 4 is 24.3 Å². The summed E-state index contributed by atoms with van der Waals surface area (Å²) < 4.78 is 90.4. The van der Waals surface area contributed by atoms with Gasteiger partial charge in [-0.15, -0.1) is 0 Å². The van der Waals surface area contributed by atoms with E-state index in [9.17, 15) is 26.5 Å². The topological polar surface area (TPSA) is 38.3 Å². The minimum atomic E-state index is -4.81. The second kappa shape index (κ2) is 10.1. The highest BCUT2D eigenvalue weighted by atomic mass is 35.5. The molecule has 0 bridgehead atoms. The molecule has 0 spiro atoms. The lowest BCUT2D eigenvalue weighted by Crippen LogP contribution is -2.31. The average molecular weight is 490 g/mol. The maximum absolute atomic E-state index is 14.7. The molecule has 0 aliphatic carbocycles. The van der Waals surface area contributed by atoms with Gasteiger partial charge < -0.3 is 4.52 Å². The number of nitrogens with one attached hydrogen (secondary N) is 1. The van der Waals surface area contributed by atoms with Crippen molar-refractivity contribution in [2.75, 3.05) is 6.61 Å². The Morgan fingerprint density at radius 3 is 1.97 bits per heavy atom. The molecule has 0 aromatic heterocycles. The summed E-state index contributed by atoms with van der Waals surface area (Å²) in [4.78, 5) is 0. The molecule has 0 fully saturated rings. The first-order valence-corrected chi connectivity index (χ1v) is 11.6. The predicted molar refractivity (Wildman–Crippen MR) is 113 cm³/mol. The summed E-state index contributed by atoms with van der Waals surface area (Å²) >= 11 is 6.25. The van der Waals surface area contributed by atoms with Crippen molar-refractivity contribution in [3.63, 3.8) is 0 Å². The van der Waals surface area contributed by atoms with Crippen LogP contribution in [0.15, 0.2) is 54.6 Å². The number of halogens is 6. The third kappa shape index (κ3) is 4.59. The van der Waals surface area contributed by atoms with Gasteiger partial charge in [0.25, 0.3) is 7.37 Å². The first kappa shape index (κ1) is 24.4. The lowest BCUT2D eigenvalue weighted by molar-refractivity contribution is 0.322. The molecule has 2 atom stereocenters. The van der Waals surface area contributed by atoms with Gasteiger partial charge in [0.2, 0.25) is 5.82 Å². The molecular weight excluding hydrogens is 472 g/mol. The smallest absolute Gasteiger partial charge is 0.259 e. The molecule has 32 heavy (non-hydrogen) atoms. The minimum Gasteiger partial charge on any atom is -0.324 e. The standard InChI is InChI=1S/C22H18ClF5NO2P/c1-2-31-32(30,21-19(27)17(25)16(24)18(26)20(21)28)22(14-10-6-7-11-15(14)23)29-12-13-8-4-3-5-9-13/h3-11,22,29H,2,12H2,1H3. The van der Waals surface area contributed by atoms with E-state index in [0.717, 1.165) is 0 Å². The molecule has 0 aliphatic rings. The van der Waals surface area contributed by atoms with Crippen molar-refractivity contribution in [1.29, 1.82) is 0 Å². The van der Waals surface area contributed by atoms with Gasteiger partial charge in [-0.2, -0.15) is 0 Å². The summed E-state index contributed by atoms with van der Waals surface area (Å²) in [5, 5.41) is 1.44. The third-order valence-electron chi connectivity index (χ3n) is 4.70. The molecule has 3 nitrogen and oxygen atoms in total. The molecule has 0 radical (unpaired) electrons. The Balaban J connectivity index is 2.24. The lowest BCUT2D eigenvalue weighted by Gasteiger charge is -2.30. The fourth-order valence-corrected chi connectivity index (χ4v) is 6.15. The quantitative estimate of drug-likeness (QED) is 0.171. The summed E-state index contributed by atoms with van der Waals surface area (Å²) in [6, 6.07) is 14.7. The van der Waals surface area contributed by atoms with E-state index in [4.69, 9.17) is 16.1 Å². The molecule has 1 N–H and O–H groups in total. The number of rotatable bonds is 8. The minimum absolute atomic E-state index is 0.0448. The second-order valence-corrected chi connectivity index (χ2v) is 9.55. The summed E-state index contributed by atoms with van der Waals surface area (Å²) in [6.45, 7) is 1.10. The Kier molecular flexibility index (Phi) is 7.72. The molecule has 0 saturated carbocycles. The molecule has 0 amide bonds. The Labute approximate surface area is 186 Å². The van der Waals surface area contributed by atoms with E-state index in [1.807, 2.05) is 0 Å². The maximum atomic E-state index is 14.7. The van der Waals surface area contributed by atoms with Gasteiger partial charge in [-0.25, -0.2) is 22.0 Å². The van der Waals surface area contributed by atoms with E-state index < -0.39 is 47.5 Å². The molecule has 3 rings (SSSR count). The fraction of sp³-hybridized carbons (Fsp3) is 0.182. The molecule has 2 unspecified atom stereocenters. The highest BCUT2D eigenvalue weighted by molar-refractivity contribution is 7.67. The predicted octanol–water partition coefficient (Wildman–Crippen LogP) is 6.46. The maximum Gasteiger partial charge on any atom is 0.259 e. The third-order valence-corrected chi connectivity index (χ3v) is 7.84. The Morgan fingerprint density at radius 2 is 1.41 bits per heavy atom. The summed E-state index contributed by atoms with van der Waals surface area (Å²) in [6.07, 6.45) is 0. The van der Waals surface area contributed by atoms with E-state index in [-0.39, 0.29) is 23.7 Å². The fourth-order valence-electron chi connectivity index (χ4n) is 3.25. The zero-order valence-corrected chi connectivity index (χ0v) is 18.4. The van der Waals surface area contributed by atoms with Crippen LogP contribution in [0.3, 0.4) is 0 Å². The Bertz CT molecular complexity index is 1130. The van der Waals surface area contributed by atoms with Gasteiger partial charge in [0.15, 0.2) is 23.3 Å². The van der Waals surface area contributed by atoms with Crippen molar-refractivity contribution in [2.45, 2.75) is 19.3 Å². The number of hydrogen-bond donors (Lipinski definition) is 1. The second-order valence-electron chi connectivity index (χ2n) is 6.72. The molecule has 3 aromatic rings. The molecule has 0 saturated heterocycles. The van der Waals surface area contributed by atoms with Crippen molar-refractivity contribution in [3.8, 4) is 0 Å². The molecule has 10 heteroatoms. The molecule has 170 valence electrons. The van der Waals surface area contributed by atoms with Crippen LogP contribution in [0, 0.1) is 29.1 Å². The lowest BCUT2D eigenvalue weighted by atomic mass is 10.2. The van der Waals surface area contributed by atoms with Gasteiger partial charge in [-0.3, -0.25) is 9.88 Å². The highest BCUT2D eigenvalue weighted by Crippen LogP contribution is 2.60. The van der Waals surface area contributed by atoms with Crippen LogP contribution < -0.4 is 10.6 Å². The first-order valence-electron chi connectivity index (χ1n) is 9.50. The zero-order valence-electron chi connectivity index (χ0n) is 16.7. The van der Waals surface area contributed by atoms with E-state index in [2.05, 4.69) is 5.32 Å². The molecular formula is C22H18ClF5NO2P. The summed E-state index contributed by atoms with van der Waals surface area (Å²) in [5.41, 5.74) is 0.829. The molecule has 3 aromatic carbocycles. The van der Waals surface area contributed by atoms with Gasteiger partial charge in [-0.05, 0) is 24.1 Å². The molecule has 0 aliphatic heterocycles. The highest BCUT2D eigenvalue weighted by Gasteiger charge is 2.45. The van der Waals surface area contributed by atoms with Crippen molar-refractivity contribution in [3.05, 3.63) is 99.8 Å². The zero-order chi connectivity index (χ0) is 23.5. The molecule has 0 heterocycles. The SMILES string of the molecule is CCOP(=O)(c1c(F)c(F)c(F)c(F)c1F)C(NCc1ccccc1)c1ccccc1Cl. The van der Waals surface area contributed by atoms with Crippen molar-refractivity contribution < 1.29 is 31.0 Å². The van der Waals surface area contributed by atoms with Crippen molar-refractivity contribution in [1.82, 2.24) is 5.32 Å². The van der Waals surface area contributed by atoms with E-state index >= 15 is 0 Å². The van der Waals surface area contributed by atoms with Crippen LogP contribution in [0.2, 0.25) is 5.02 Å². The summed E-state index contributed by atoms with van der Waals surface area (Å²) in [7, 11) is -4.81. The first-order chi connectivity index (χ1) is 15.2.